The van der Waals surface area contributed by atoms with Gasteiger partial charge in [0, 0.05) is 24.5 Å². The van der Waals surface area contributed by atoms with Gasteiger partial charge in [-0.3, -0.25) is 14.6 Å². The fraction of sp³-hybridized carbons (Fsp3) is 0.241. The number of likely N-dealkylation sites (tertiary alicyclic amines) is 1. The fourth-order valence-corrected chi connectivity index (χ4v) is 4.33. The molecule has 0 saturated carbocycles. The second kappa shape index (κ2) is 10.7. The number of esters is 1. The van der Waals surface area contributed by atoms with Gasteiger partial charge in [-0.05, 0) is 73.9 Å². The maximum Gasteiger partial charge on any atom is 0.338 e. The quantitative estimate of drug-likeness (QED) is 0.219. The van der Waals surface area contributed by atoms with E-state index in [1.165, 1.54) is 4.90 Å². The molecule has 1 N–H and O–H groups in total. The number of benzene rings is 2. The van der Waals surface area contributed by atoms with Crippen molar-refractivity contribution in [2.45, 2.75) is 39.5 Å². The van der Waals surface area contributed by atoms with Gasteiger partial charge in [0.25, 0.3) is 11.7 Å². The molecular weight excluding hydrogens is 472 g/mol. The molecule has 1 aliphatic heterocycles. The molecule has 0 radical (unpaired) electrons. The van der Waals surface area contributed by atoms with E-state index in [1.54, 1.807) is 87.9 Å². The molecule has 8 nitrogen and oxygen atoms in total. The molecule has 1 atom stereocenters. The highest BCUT2D eigenvalue weighted by Gasteiger charge is 2.46. The highest BCUT2D eigenvalue weighted by Crippen LogP contribution is 2.40. The summed E-state index contributed by atoms with van der Waals surface area (Å²) in [6.45, 7) is 5.46. The van der Waals surface area contributed by atoms with Crippen LogP contribution in [-0.2, 0) is 20.9 Å². The van der Waals surface area contributed by atoms with Crippen molar-refractivity contribution in [1.82, 2.24) is 9.88 Å². The number of hydrogen-bond acceptors (Lipinski definition) is 7. The molecule has 2 aromatic carbocycles. The number of carbonyl (C=O) groups excluding carboxylic acids is 3. The van der Waals surface area contributed by atoms with E-state index in [-0.39, 0.29) is 24.0 Å². The van der Waals surface area contributed by atoms with Crippen LogP contribution in [-0.4, -0.2) is 45.9 Å². The Kier molecular flexibility index (Phi) is 7.38. The lowest BCUT2D eigenvalue weighted by molar-refractivity contribution is -0.140. The first-order valence-corrected chi connectivity index (χ1v) is 11.8. The molecule has 4 rings (SSSR count). The van der Waals surface area contributed by atoms with Crippen molar-refractivity contribution in [2.24, 2.45) is 0 Å². The van der Waals surface area contributed by atoms with Crippen LogP contribution in [0, 0.1) is 6.92 Å². The van der Waals surface area contributed by atoms with Gasteiger partial charge < -0.3 is 19.5 Å². The van der Waals surface area contributed by atoms with Gasteiger partial charge in [0.15, 0.2) is 0 Å². The molecule has 3 aromatic rings. The molecular formula is C29H28N2O6. The standard InChI is InChI=1S/C29H28N2O6/c1-17(2)37-29(35)20-9-7-19(8-10-20)16-31-25(22-6-5-13-30-15-22)24(27(33)28(31)34)26(32)21-11-12-23(36-4)18(3)14-21/h5-15,17,25,32H,16H2,1-4H3/b26-24-. The number of nitrogens with zero attached hydrogens (tertiary/aromatic N) is 2. The maximum atomic E-state index is 13.2. The number of aromatic nitrogens is 1. The predicted molar refractivity (Wildman–Crippen MR) is 137 cm³/mol. The van der Waals surface area contributed by atoms with Gasteiger partial charge in [0.05, 0.1) is 30.4 Å². The number of hydrogen-bond donors (Lipinski definition) is 1. The highest BCUT2D eigenvalue weighted by atomic mass is 16.5. The molecule has 1 aromatic heterocycles. The summed E-state index contributed by atoms with van der Waals surface area (Å²) in [5.74, 6) is -1.58. The summed E-state index contributed by atoms with van der Waals surface area (Å²) < 4.78 is 10.5. The van der Waals surface area contributed by atoms with Crippen LogP contribution in [0.5, 0.6) is 5.75 Å². The lowest BCUT2D eigenvalue weighted by atomic mass is 9.95. The minimum absolute atomic E-state index is 0.0142. The van der Waals surface area contributed by atoms with E-state index in [2.05, 4.69) is 4.98 Å². The molecule has 1 unspecified atom stereocenters. The van der Waals surface area contributed by atoms with Crippen molar-refractivity contribution in [3.8, 4) is 5.75 Å². The normalized spacial score (nSPS) is 16.8. The average Bonchev–Trinajstić information content (AvgIpc) is 3.13. The average molecular weight is 501 g/mol. The summed E-state index contributed by atoms with van der Waals surface area (Å²) in [5, 5.41) is 11.2. The number of ketones is 1. The van der Waals surface area contributed by atoms with E-state index in [0.29, 0.717) is 28.0 Å². The van der Waals surface area contributed by atoms with Crippen molar-refractivity contribution in [3.63, 3.8) is 0 Å². The van der Waals surface area contributed by atoms with E-state index in [1.807, 2.05) is 6.92 Å². The van der Waals surface area contributed by atoms with Gasteiger partial charge in [0.2, 0.25) is 0 Å². The highest BCUT2D eigenvalue weighted by molar-refractivity contribution is 6.46. The van der Waals surface area contributed by atoms with Crippen LogP contribution in [0.25, 0.3) is 5.76 Å². The Balaban J connectivity index is 1.73. The zero-order valence-corrected chi connectivity index (χ0v) is 21.1. The van der Waals surface area contributed by atoms with Crippen LogP contribution in [0.2, 0.25) is 0 Å². The third-order valence-corrected chi connectivity index (χ3v) is 6.09. The lowest BCUT2D eigenvalue weighted by Crippen LogP contribution is -2.29. The molecule has 0 bridgehead atoms. The van der Waals surface area contributed by atoms with Gasteiger partial charge in [0.1, 0.15) is 11.5 Å². The largest absolute Gasteiger partial charge is 0.507 e. The van der Waals surface area contributed by atoms with E-state index >= 15 is 0 Å². The van der Waals surface area contributed by atoms with E-state index in [0.717, 1.165) is 5.56 Å². The summed E-state index contributed by atoms with van der Waals surface area (Å²) in [7, 11) is 1.55. The second-order valence-corrected chi connectivity index (χ2v) is 9.05. The number of carbonyl (C=O) groups is 3. The summed E-state index contributed by atoms with van der Waals surface area (Å²) >= 11 is 0. The number of Topliss-reactive ketones (excluding diaryl/α,β-unsaturated/α-hetero) is 1. The van der Waals surface area contributed by atoms with Crippen LogP contribution in [0.4, 0.5) is 0 Å². The molecule has 1 amide bonds. The van der Waals surface area contributed by atoms with Crippen molar-refractivity contribution < 1.29 is 29.0 Å². The zero-order valence-electron chi connectivity index (χ0n) is 21.1. The third-order valence-electron chi connectivity index (χ3n) is 6.09. The van der Waals surface area contributed by atoms with Crippen molar-refractivity contribution in [3.05, 3.63) is 100 Å². The monoisotopic (exact) mass is 500 g/mol. The Bertz CT molecular complexity index is 1360. The number of pyridine rings is 1. The van der Waals surface area contributed by atoms with Crippen molar-refractivity contribution in [1.29, 1.82) is 0 Å². The Morgan fingerprint density at radius 1 is 1.08 bits per heavy atom. The number of rotatable bonds is 7. The molecule has 190 valence electrons. The summed E-state index contributed by atoms with van der Waals surface area (Å²) in [6, 6.07) is 14.3. The van der Waals surface area contributed by atoms with Crippen molar-refractivity contribution in [2.75, 3.05) is 7.11 Å². The van der Waals surface area contributed by atoms with Gasteiger partial charge in [-0.2, -0.15) is 0 Å². The Hall–Kier alpha value is -4.46. The zero-order chi connectivity index (χ0) is 26.7. The molecule has 8 heteroatoms. The van der Waals surface area contributed by atoms with Gasteiger partial charge >= 0.3 is 5.97 Å². The summed E-state index contributed by atoms with van der Waals surface area (Å²) in [5.41, 5.74) is 2.84. The second-order valence-electron chi connectivity index (χ2n) is 9.05. The molecule has 2 heterocycles. The molecule has 37 heavy (non-hydrogen) atoms. The Morgan fingerprint density at radius 2 is 1.78 bits per heavy atom. The number of aryl methyl sites for hydroxylation is 1. The van der Waals surface area contributed by atoms with Crippen LogP contribution in [0.3, 0.4) is 0 Å². The third kappa shape index (κ3) is 5.23. The first kappa shape index (κ1) is 25.6. The number of amides is 1. The lowest BCUT2D eigenvalue weighted by Gasteiger charge is -2.25. The summed E-state index contributed by atoms with van der Waals surface area (Å²) in [4.78, 5) is 44.2. The SMILES string of the molecule is COc1ccc(/C(O)=C2/C(=O)C(=O)N(Cc3ccc(C(=O)OC(C)C)cc3)C2c2cccnc2)cc1C. The minimum Gasteiger partial charge on any atom is -0.507 e. The topological polar surface area (TPSA) is 106 Å². The molecule has 0 spiro atoms. The maximum absolute atomic E-state index is 13.2. The Morgan fingerprint density at radius 3 is 2.38 bits per heavy atom. The van der Waals surface area contributed by atoms with Gasteiger partial charge in [-0.1, -0.05) is 18.2 Å². The number of ether oxygens (including phenoxy) is 2. The van der Waals surface area contributed by atoms with Gasteiger partial charge in [-0.15, -0.1) is 0 Å². The molecule has 1 saturated heterocycles. The van der Waals surface area contributed by atoms with Gasteiger partial charge in [-0.25, -0.2) is 4.79 Å². The molecule has 1 fully saturated rings. The number of aliphatic hydroxyl groups excluding tert-OH is 1. The van der Waals surface area contributed by atoms with E-state index in [9.17, 15) is 19.5 Å². The van der Waals surface area contributed by atoms with Crippen LogP contribution in [0.1, 0.15) is 52.5 Å². The first-order valence-electron chi connectivity index (χ1n) is 11.8. The van der Waals surface area contributed by atoms with Crippen LogP contribution < -0.4 is 4.74 Å². The number of aliphatic hydroxyl groups is 1. The number of methoxy groups -OCH3 is 1. The molecule has 0 aliphatic carbocycles. The molecule has 1 aliphatic rings. The van der Waals surface area contributed by atoms with E-state index < -0.39 is 23.7 Å². The van der Waals surface area contributed by atoms with Crippen LogP contribution >= 0.6 is 0 Å². The van der Waals surface area contributed by atoms with Crippen LogP contribution in [0.15, 0.2) is 72.6 Å². The summed E-state index contributed by atoms with van der Waals surface area (Å²) in [6.07, 6.45) is 2.92. The first-order chi connectivity index (χ1) is 17.7. The smallest absolute Gasteiger partial charge is 0.338 e. The fourth-order valence-electron chi connectivity index (χ4n) is 4.33. The minimum atomic E-state index is -0.846. The predicted octanol–water partition coefficient (Wildman–Crippen LogP) is 4.59. The Labute approximate surface area is 215 Å². The van der Waals surface area contributed by atoms with Crippen molar-refractivity contribution >= 4 is 23.4 Å². The van der Waals surface area contributed by atoms with E-state index in [4.69, 9.17) is 9.47 Å².